The van der Waals surface area contributed by atoms with Gasteiger partial charge in [0.1, 0.15) is 0 Å². The highest BCUT2D eigenvalue weighted by Crippen LogP contribution is 2.12. The van der Waals surface area contributed by atoms with Crippen LogP contribution in [0.2, 0.25) is 0 Å². The molecule has 5 nitrogen and oxygen atoms in total. The molecule has 1 saturated heterocycles. The van der Waals surface area contributed by atoms with Crippen molar-refractivity contribution in [1.29, 1.82) is 0 Å². The van der Waals surface area contributed by atoms with Crippen LogP contribution in [0.5, 0.6) is 0 Å². The molecule has 0 aromatic rings. The van der Waals surface area contributed by atoms with Crippen LogP contribution < -0.4 is 4.72 Å². The van der Waals surface area contributed by atoms with Gasteiger partial charge in [-0.3, -0.25) is 0 Å². The first-order valence-corrected chi connectivity index (χ1v) is 7.93. The zero-order valence-corrected chi connectivity index (χ0v) is 11.4. The smallest absolute Gasteiger partial charge is 0.279 e. The lowest BCUT2D eigenvalue weighted by Gasteiger charge is -2.21. The van der Waals surface area contributed by atoms with Crippen LogP contribution in [0.1, 0.15) is 45.4 Å². The van der Waals surface area contributed by atoms with E-state index in [2.05, 4.69) is 4.72 Å². The molecular formula is C11H24N2O3S. The van der Waals surface area contributed by atoms with Crippen molar-refractivity contribution in [2.45, 2.75) is 51.6 Å². The van der Waals surface area contributed by atoms with Crippen LogP contribution in [-0.4, -0.2) is 43.6 Å². The highest BCUT2D eigenvalue weighted by atomic mass is 32.2. The molecule has 0 aromatic heterocycles. The van der Waals surface area contributed by atoms with Crippen LogP contribution in [0.3, 0.4) is 0 Å². The number of rotatable bonds is 6. The molecule has 1 heterocycles. The predicted molar refractivity (Wildman–Crippen MR) is 67.9 cm³/mol. The molecule has 0 amide bonds. The van der Waals surface area contributed by atoms with Crippen molar-refractivity contribution in [2.75, 3.05) is 19.6 Å². The average Bonchev–Trinajstić information content (AvgIpc) is 2.56. The molecule has 2 N–H and O–H groups in total. The van der Waals surface area contributed by atoms with Gasteiger partial charge in [-0.15, -0.1) is 0 Å². The van der Waals surface area contributed by atoms with E-state index >= 15 is 0 Å². The molecule has 0 aromatic carbocycles. The molecule has 0 saturated carbocycles. The normalized spacial score (nSPS) is 21.1. The van der Waals surface area contributed by atoms with Gasteiger partial charge in [-0.2, -0.15) is 17.4 Å². The molecular weight excluding hydrogens is 240 g/mol. The zero-order chi connectivity index (χ0) is 12.7. The monoisotopic (exact) mass is 264 g/mol. The van der Waals surface area contributed by atoms with E-state index in [1.54, 1.807) is 0 Å². The Kier molecular flexibility index (Phi) is 6.40. The Hall–Kier alpha value is -0.170. The summed E-state index contributed by atoms with van der Waals surface area (Å²) in [6, 6.07) is 0. The molecule has 1 aliphatic rings. The third kappa shape index (κ3) is 5.33. The Labute approximate surface area is 104 Å². The Morgan fingerprint density at radius 2 is 1.82 bits per heavy atom. The van der Waals surface area contributed by atoms with Gasteiger partial charge in [-0.25, -0.2) is 0 Å². The Morgan fingerprint density at radius 3 is 2.35 bits per heavy atom. The number of nitrogens with one attached hydrogen (secondary N) is 1. The van der Waals surface area contributed by atoms with E-state index < -0.39 is 16.3 Å². The van der Waals surface area contributed by atoms with Gasteiger partial charge in [0.05, 0.1) is 6.10 Å². The van der Waals surface area contributed by atoms with Crippen LogP contribution in [0.15, 0.2) is 0 Å². The van der Waals surface area contributed by atoms with Crippen LogP contribution in [0, 0.1) is 0 Å². The topological polar surface area (TPSA) is 69.6 Å². The van der Waals surface area contributed by atoms with E-state index in [0.717, 1.165) is 32.1 Å². The Balaban J connectivity index is 2.43. The third-order valence-electron chi connectivity index (χ3n) is 3.03. The summed E-state index contributed by atoms with van der Waals surface area (Å²) in [5, 5.41) is 9.52. The first-order chi connectivity index (χ1) is 8.06. The maximum Gasteiger partial charge on any atom is 0.279 e. The van der Waals surface area contributed by atoms with Gasteiger partial charge >= 0.3 is 0 Å². The molecule has 0 bridgehead atoms. The van der Waals surface area contributed by atoms with Gasteiger partial charge < -0.3 is 5.11 Å². The predicted octanol–water partition coefficient (Wildman–Crippen LogP) is 0.858. The summed E-state index contributed by atoms with van der Waals surface area (Å²) in [6.45, 7) is 3.28. The van der Waals surface area contributed by atoms with E-state index in [0.29, 0.717) is 19.5 Å². The van der Waals surface area contributed by atoms with Gasteiger partial charge in [0, 0.05) is 19.6 Å². The number of aliphatic hydroxyl groups is 1. The first-order valence-electron chi connectivity index (χ1n) is 6.49. The standard InChI is InChI=1S/C11H24N2O3S/c1-2-7-11(14)10-12-17(15,16)13-8-5-3-4-6-9-13/h11-12,14H,2-10H2,1H3/t11-/m1/s1. The first kappa shape index (κ1) is 14.9. The summed E-state index contributed by atoms with van der Waals surface area (Å²) >= 11 is 0. The summed E-state index contributed by atoms with van der Waals surface area (Å²) in [5.41, 5.74) is 0. The van der Waals surface area contributed by atoms with Gasteiger partial charge in [0.25, 0.3) is 10.2 Å². The van der Waals surface area contributed by atoms with Crippen molar-refractivity contribution < 1.29 is 13.5 Å². The van der Waals surface area contributed by atoms with E-state index in [4.69, 9.17) is 0 Å². The summed E-state index contributed by atoms with van der Waals surface area (Å²) in [4.78, 5) is 0. The van der Waals surface area contributed by atoms with Gasteiger partial charge in [0.15, 0.2) is 0 Å². The fraction of sp³-hybridized carbons (Fsp3) is 1.00. The lowest BCUT2D eigenvalue weighted by atomic mass is 10.2. The highest BCUT2D eigenvalue weighted by molar-refractivity contribution is 7.87. The number of hydrogen-bond acceptors (Lipinski definition) is 3. The lowest BCUT2D eigenvalue weighted by Crippen LogP contribution is -2.43. The fourth-order valence-corrected chi connectivity index (χ4v) is 3.33. The zero-order valence-electron chi connectivity index (χ0n) is 10.6. The molecule has 1 atom stereocenters. The van der Waals surface area contributed by atoms with Crippen molar-refractivity contribution in [2.24, 2.45) is 0 Å². The maximum atomic E-state index is 12.0. The highest BCUT2D eigenvalue weighted by Gasteiger charge is 2.22. The molecule has 17 heavy (non-hydrogen) atoms. The van der Waals surface area contributed by atoms with E-state index in [1.807, 2.05) is 6.92 Å². The summed E-state index contributed by atoms with van der Waals surface area (Å²) in [5.74, 6) is 0. The molecule has 0 radical (unpaired) electrons. The number of nitrogens with zero attached hydrogens (tertiary/aromatic N) is 1. The van der Waals surface area contributed by atoms with Crippen molar-refractivity contribution in [1.82, 2.24) is 9.03 Å². The lowest BCUT2D eigenvalue weighted by molar-refractivity contribution is 0.166. The van der Waals surface area contributed by atoms with Crippen molar-refractivity contribution in [3.05, 3.63) is 0 Å². The van der Waals surface area contributed by atoms with Crippen LogP contribution in [0.25, 0.3) is 0 Å². The van der Waals surface area contributed by atoms with E-state index in [1.165, 1.54) is 4.31 Å². The van der Waals surface area contributed by atoms with Crippen molar-refractivity contribution in [3.63, 3.8) is 0 Å². The largest absolute Gasteiger partial charge is 0.392 e. The van der Waals surface area contributed by atoms with Gasteiger partial charge in [-0.1, -0.05) is 26.2 Å². The molecule has 0 spiro atoms. The molecule has 0 unspecified atom stereocenters. The van der Waals surface area contributed by atoms with Crippen molar-refractivity contribution in [3.8, 4) is 0 Å². The summed E-state index contributed by atoms with van der Waals surface area (Å²) < 4.78 is 27.9. The minimum Gasteiger partial charge on any atom is -0.392 e. The van der Waals surface area contributed by atoms with Crippen LogP contribution in [0.4, 0.5) is 0 Å². The van der Waals surface area contributed by atoms with Gasteiger partial charge in [-0.05, 0) is 19.3 Å². The fourth-order valence-electron chi connectivity index (χ4n) is 2.01. The Bertz CT molecular complexity index is 298. The van der Waals surface area contributed by atoms with Crippen molar-refractivity contribution >= 4 is 10.2 Å². The summed E-state index contributed by atoms with van der Waals surface area (Å²) in [6.07, 6.45) is 4.96. The van der Waals surface area contributed by atoms with Crippen LogP contribution in [-0.2, 0) is 10.2 Å². The molecule has 0 aliphatic carbocycles. The molecule has 6 heteroatoms. The van der Waals surface area contributed by atoms with E-state index in [9.17, 15) is 13.5 Å². The van der Waals surface area contributed by atoms with E-state index in [-0.39, 0.29) is 6.54 Å². The molecule has 1 fully saturated rings. The average molecular weight is 264 g/mol. The second-order valence-electron chi connectivity index (χ2n) is 4.61. The molecule has 102 valence electrons. The molecule has 1 aliphatic heterocycles. The van der Waals surface area contributed by atoms with Crippen LogP contribution >= 0.6 is 0 Å². The number of hydrogen-bond donors (Lipinski definition) is 2. The molecule has 1 rings (SSSR count). The quantitative estimate of drug-likeness (QED) is 0.747. The summed E-state index contributed by atoms with van der Waals surface area (Å²) in [7, 11) is -3.40. The van der Waals surface area contributed by atoms with Gasteiger partial charge in [0.2, 0.25) is 0 Å². The SMILES string of the molecule is CCC[C@@H](O)CNS(=O)(=O)N1CCCCCC1. The minimum atomic E-state index is -3.40. The third-order valence-corrected chi connectivity index (χ3v) is 4.60. The second kappa shape index (κ2) is 7.31. The maximum absolute atomic E-state index is 12.0. The second-order valence-corrected chi connectivity index (χ2v) is 6.36. The minimum absolute atomic E-state index is 0.118. The number of aliphatic hydroxyl groups excluding tert-OH is 1. The Morgan fingerprint density at radius 1 is 1.24 bits per heavy atom.